The first-order valence-corrected chi connectivity index (χ1v) is 7.02. The molecule has 0 bridgehead atoms. The normalized spacial score (nSPS) is 10.8. The lowest BCUT2D eigenvalue weighted by molar-refractivity contribution is 1.12. The van der Waals surface area contributed by atoms with Crippen molar-refractivity contribution >= 4 is 38.9 Å². The molecule has 3 rings (SSSR count). The van der Waals surface area contributed by atoms with Gasteiger partial charge in [0.25, 0.3) is 0 Å². The third-order valence-electron chi connectivity index (χ3n) is 3.08. The summed E-state index contributed by atoms with van der Waals surface area (Å²) in [5.74, 6) is 1.50. The molecule has 3 aromatic rings. The van der Waals surface area contributed by atoms with E-state index in [-0.39, 0.29) is 0 Å². The van der Waals surface area contributed by atoms with E-state index in [9.17, 15) is 0 Å². The molecule has 0 amide bonds. The number of rotatable bonds is 3. The molecule has 5 nitrogen and oxygen atoms in total. The van der Waals surface area contributed by atoms with E-state index in [1.807, 2.05) is 36.0 Å². The number of hydrogen-bond acceptors (Lipinski definition) is 4. The molecule has 20 heavy (non-hydrogen) atoms. The molecule has 0 saturated heterocycles. The van der Waals surface area contributed by atoms with Gasteiger partial charge in [-0.1, -0.05) is 12.1 Å². The Labute approximate surface area is 125 Å². The van der Waals surface area contributed by atoms with Crippen LogP contribution in [0.5, 0.6) is 0 Å². The minimum Gasteiger partial charge on any atom is -0.372 e. The quantitative estimate of drug-likeness (QED) is 0.770. The number of halogens is 1. The third kappa shape index (κ3) is 2.22. The first-order valence-electron chi connectivity index (χ1n) is 6.22. The molecule has 0 spiro atoms. The number of hydrogen-bond donors (Lipinski definition) is 2. The maximum absolute atomic E-state index is 4.53. The summed E-state index contributed by atoms with van der Waals surface area (Å²) >= 11 is 3.59. The number of nitrogens with one attached hydrogen (secondary N) is 2. The largest absolute Gasteiger partial charge is 0.372 e. The number of nitrogens with zero attached hydrogens (tertiary/aromatic N) is 3. The summed E-state index contributed by atoms with van der Waals surface area (Å²) < 4.78 is 2.96. The second-order valence-corrected chi connectivity index (χ2v) is 5.24. The second-order valence-electron chi connectivity index (χ2n) is 4.44. The Balaban J connectivity index is 2.10. The number of benzene rings is 1. The molecule has 2 aromatic heterocycles. The van der Waals surface area contributed by atoms with E-state index in [0.29, 0.717) is 5.82 Å². The van der Waals surface area contributed by atoms with Gasteiger partial charge < -0.3 is 15.0 Å². The molecule has 2 heterocycles. The van der Waals surface area contributed by atoms with Crippen LogP contribution in [0.2, 0.25) is 0 Å². The van der Waals surface area contributed by atoms with Gasteiger partial charge in [0, 0.05) is 23.9 Å². The van der Waals surface area contributed by atoms with E-state index in [4.69, 9.17) is 0 Å². The lowest BCUT2D eigenvalue weighted by atomic mass is 10.2. The van der Waals surface area contributed by atoms with Crippen molar-refractivity contribution in [2.75, 3.05) is 17.7 Å². The summed E-state index contributed by atoms with van der Waals surface area (Å²) in [7, 11) is 1.84. The highest BCUT2D eigenvalue weighted by atomic mass is 79.9. The SMILES string of the molecule is CNc1cn2ccnc2c(Nc2cccc(C)c2Br)n1. The van der Waals surface area contributed by atoms with Gasteiger partial charge in [0.05, 0.1) is 11.9 Å². The molecule has 0 atom stereocenters. The molecule has 0 aliphatic carbocycles. The molecular formula is C14H14BrN5. The Morgan fingerprint density at radius 3 is 2.95 bits per heavy atom. The highest BCUT2D eigenvalue weighted by Crippen LogP contribution is 2.29. The molecule has 102 valence electrons. The fourth-order valence-electron chi connectivity index (χ4n) is 2.01. The highest BCUT2D eigenvalue weighted by molar-refractivity contribution is 9.10. The van der Waals surface area contributed by atoms with Crippen molar-refractivity contribution in [1.29, 1.82) is 0 Å². The molecule has 0 radical (unpaired) electrons. The summed E-state index contributed by atoms with van der Waals surface area (Å²) in [4.78, 5) is 8.87. The van der Waals surface area contributed by atoms with Crippen LogP contribution in [0, 0.1) is 6.92 Å². The van der Waals surface area contributed by atoms with Gasteiger partial charge in [-0.25, -0.2) is 9.97 Å². The van der Waals surface area contributed by atoms with Gasteiger partial charge in [-0.15, -0.1) is 0 Å². The van der Waals surface area contributed by atoms with Gasteiger partial charge in [0.2, 0.25) is 0 Å². The van der Waals surface area contributed by atoms with Crippen LogP contribution >= 0.6 is 15.9 Å². The summed E-state index contributed by atoms with van der Waals surface area (Å²) in [6.07, 6.45) is 5.56. The predicted molar refractivity (Wildman–Crippen MR) is 84.7 cm³/mol. The Morgan fingerprint density at radius 2 is 2.15 bits per heavy atom. The first kappa shape index (κ1) is 12.9. The Kier molecular flexibility index (Phi) is 3.31. The van der Waals surface area contributed by atoms with E-state index in [1.54, 1.807) is 6.20 Å². The van der Waals surface area contributed by atoms with E-state index in [2.05, 4.69) is 49.5 Å². The van der Waals surface area contributed by atoms with Gasteiger partial charge in [-0.2, -0.15) is 0 Å². The molecule has 6 heteroatoms. The number of anilines is 3. The van der Waals surface area contributed by atoms with Crippen molar-refractivity contribution in [1.82, 2.24) is 14.4 Å². The highest BCUT2D eigenvalue weighted by Gasteiger charge is 2.09. The summed E-state index contributed by atoms with van der Waals surface area (Å²) in [5, 5.41) is 6.39. The zero-order chi connectivity index (χ0) is 14.1. The molecule has 0 aliphatic heterocycles. The van der Waals surface area contributed by atoms with Crippen molar-refractivity contribution < 1.29 is 0 Å². The lowest BCUT2D eigenvalue weighted by Crippen LogP contribution is -2.03. The maximum atomic E-state index is 4.53. The van der Waals surface area contributed by atoms with E-state index >= 15 is 0 Å². The Hall–Kier alpha value is -2.08. The molecule has 1 aromatic carbocycles. The molecule has 2 N–H and O–H groups in total. The first-order chi connectivity index (χ1) is 9.69. The monoisotopic (exact) mass is 331 g/mol. The van der Waals surface area contributed by atoms with Gasteiger partial charge in [-0.3, -0.25) is 0 Å². The van der Waals surface area contributed by atoms with Crippen LogP contribution in [0.3, 0.4) is 0 Å². The minimum atomic E-state index is 0.716. The fourth-order valence-corrected chi connectivity index (χ4v) is 2.37. The van der Waals surface area contributed by atoms with Crippen molar-refractivity contribution in [3.8, 4) is 0 Å². The smallest absolute Gasteiger partial charge is 0.180 e. The molecule has 0 saturated carbocycles. The zero-order valence-corrected chi connectivity index (χ0v) is 12.8. The Bertz CT molecular complexity index is 765. The van der Waals surface area contributed by atoms with Crippen molar-refractivity contribution in [3.63, 3.8) is 0 Å². The van der Waals surface area contributed by atoms with Gasteiger partial charge in [0.1, 0.15) is 5.82 Å². The van der Waals surface area contributed by atoms with E-state index in [0.717, 1.165) is 21.6 Å². The van der Waals surface area contributed by atoms with Gasteiger partial charge >= 0.3 is 0 Å². The Morgan fingerprint density at radius 1 is 1.30 bits per heavy atom. The van der Waals surface area contributed by atoms with Crippen molar-refractivity contribution in [3.05, 3.63) is 46.8 Å². The van der Waals surface area contributed by atoms with E-state index < -0.39 is 0 Å². The van der Waals surface area contributed by atoms with Crippen molar-refractivity contribution in [2.45, 2.75) is 6.92 Å². The third-order valence-corrected chi connectivity index (χ3v) is 4.13. The molecule has 0 fully saturated rings. The standard InChI is InChI=1S/C14H14BrN5/c1-9-4-3-5-10(12(9)15)18-13-14-17-6-7-20(14)8-11(16-2)19-13/h3-8,16H,1-2H3,(H,18,19). The molecular weight excluding hydrogens is 318 g/mol. The number of aromatic nitrogens is 3. The lowest BCUT2D eigenvalue weighted by Gasteiger charge is -2.11. The van der Waals surface area contributed by atoms with Crippen molar-refractivity contribution in [2.24, 2.45) is 0 Å². The topological polar surface area (TPSA) is 54.2 Å². The average Bonchev–Trinajstić information content (AvgIpc) is 2.92. The van der Waals surface area contributed by atoms with Crippen LogP contribution in [0.1, 0.15) is 5.56 Å². The van der Waals surface area contributed by atoms with Crippen LogP contribution in [-0.2, 0) is 0 Å². The predicted octanol–water partition coefficient (Wildman–Crippen LogP) is 3.59. The van der Waals surface area contributed by atoms with Crippen LogP contribution in [0.15, 0.2) is 41.3 Å². The van der Waals surface area contributed by atoms with Gasteiger partial charge in [-0.05, 0) is 34.5 Å². The van der Waals surface area contributed by atoms with Gasteiger partial charge in [0.15, 0.2) is 11.5 Å². The van der Waals surface area contributed by atoms with Crippen LogP contribution < -0.4 is 10.6 Å². The van der Waals surface area contributed by atoms with E-state index in [1.165, 1.54) is 5.56 Å². The van der Waals surface area contributed by atoms with Crippen LogP contribution in [-0.4, -0.2) is 21.4 Å². The second kappa shape index (κ2) is 5.13. The summed E-state index contributed by atoms with van der Waals surface area (Å²) in [5.41, 5.74) is 2.92. The van der Waals surface area contributed by atoms with Crippen LogP contribution in [0.25, 0.3) is 5.65 Å². The minimum absolute atomic E-state index is 0.716. The number of aryl methyl sites for hydroxylation is 1. The fraction of sp³-hybridized carbons (Fsp3) is 0.143. The zero-order valence-electron chi connectivity index (χ0n) is 11.2. The average molecular weight is 332 g/mol. The number of fused-ring (bicyclic) bond motifs is 1. The molecule has 0 aliphatic rings. The van der Waals surface area contributed by atoms with Crippen LogP contribution in [0.4, 0.5) is 17.3 Å². The molecule has 0 unspecified atom stereocenters. The summed E-state index contributed by atoms with van der Waals surface area (Å²) in [6.45, 7) is 2.05. The summed E-state index contributed by atoms with van der Waals surface area (Å²) in [6, 6.07) is 6.06. The maximum Gasteiger partial charge on any atom is 0.180 e. The number of imidazole rings is 1.